The number of hydrogen-bond acceptors (Lipinski definition) is 5. The van der Waals surface area contributed by atoms with Crippen LogP contribution in [0, 0.1) is 0 Å². The molecule has 1 heterocycles. The van der Waals surface area contributed by atoms with Crippen molar-refractivity contribution in [2.45, 2.75) is 13.0 Å². The third-order valence-electron chi connectivity index (χ3n) is 2.85. The van der Waals surface area contributed by atoms with Crippen LogP contribution in [-0.4, -0.2) is 17.6 Å². The molecule has 4 N–H and O–H groups in total. The zero-order chi connectivity index (χ0) is 14.5. The minimum absolute atomic E-state index is 0.285. The predicted octanol–water partition coefficient (Wildman–Crippen LogP) is 1.89. The number of hydrogen-bond donors (Lipinski definition) is 2. The summed E-state index contributed by atoms with van der Waals surface area (Å²) in [7, 11) is 0. The first-order valence-electron chi connectivity index (χ1n) is 6.37. The van der Waals surface area contributed by atoms with Crippen molar-refractivity contribution in [3.05, 3.63) is 48.2 Å². The molecule has 2 aromatic rings. The van der Waals surface area contributed by atoms with E-state index in [-0.39, 0.29) is 6.61 Å². The summed E-state index contributed by atoms with van der Waals surface area (Å²) in [6, 6.07) is 11.9. The van der Waals surface area contributed by atoms with Crippen molar-refractivity contribution in [1.29, 1.82) is 0 Å². The van der Waals surface area contributed by atoms with Gasteiger partial charge < -0.3 is 16.2 Å². The Bertz CT molecular complexity index is 599. The van der Waals surface area contributed by atoms with Gasteiger partial charge in [-0.05, 0) is 19.1 Å². The number of esters is 1. The molecule has 0 unspecified atom stereocenters. The molecule has 0 fully saturated rings. The van der Waals surface area contributed by atoms with Gasteiger partial charge in [-0.3, -0.25) is 0 Å². The van der Waals surface area contributed by atoms with E-state index in [1.54, 1.807) is 19.1 Å². The van der Waals surface area contributed by atoms with Crippen molar-refractivity contribution in [1.82, 2.24) is 4.98 Å². The van der Waals surface area contributed by atoms with Crippen molar-refractivity contribution < 1.29 is 9.53 Å². The van der Waals surface area contributed by atoms with E-state index in [1.807, 2.05) is 30.3 Å². The van der Waals surface area contributed by atoms with Crippen LogP contribution in [0.4, 0.5) is 5.69 Å². The van der Waals surface area contributed by atoms with E-state index >= 15 is 0 Å². The van der Waals surface area contributed by atoms with E-state index in [4.69, 9.17) is 16.2 Å². The lowest BCUT2D eigenvalue weighted by Crippen LogP contribution is -2.25. The Morgan fingerprint density at radius 3 is 2.60 bits per heavy atom. The molecule has 0 saturated heterocycles. The second-order valence-electron chi connectivity index (χ2n) is 4.27. The number of ether oxygens (including phenoxy) is 1. The van der Waals surface area contributed by atoms with Crippen LogP contribution in [0.3, 0.4) is 0 Å². The minimum Gasteiger partial charge on any atom is -0.465 e. The molecule has 0 aliphatic rings. The van der Waals surface area contributed by atoms with Gasteiger partial charge in [-0.2, -0.15) is 0 Å². The number of anilines is 1. The Morgan fingerprint density at radius 2 is 1.95 bits per heavy atom. The zero-order valence-corrected chi connectivity index (χ0v) is 11.2. The molecular weight excluding hydrogens is 254 g/mol. The molecule has 0 aliphatic carbocycles. The summed E-state index contributed by atoms with van der Waals surface area (Å²) < 4.78 is 4.90. The molecule has 0 saturated carbocycles. The van der Waals surface area contributed by atoms with Crippen LogP contribution < -0.4 is 11.5 Å². The molecule has 0 radical (unpaired) electrons. The van der Waals surface area contributed by atoms with Crippen LogP contribution in [-0.2, 0) is 9.53 Å². The van der Waals surface area contributed by atoms with Crippen molar-refractivity contribution >= 4 is 11.7 Å². The number of carbonyl (C=O) groups excluding carboxylic acids is 1. The van der Waals surface area contributed by atoms with Crippen molar-refractivity contribution in [3.8, 4) is 11.3 Å². The molecule has 5 nitrogen and oxygen atoms in total. The number of nitrogens with two attached hydrogens (primary N) is 2. The average Bonchev–Trinajstić information content (AvgIpc) is 2.48. The fourth-order valence-corrected chi connectivity index (χ4v) is 1.84. The lowest BCUT2D eigenvalue weighted by molar-refractivity contribution is -0.144. The van der Waals surface area contributed by atoms with Crippen molar-refractivity contribution in [3.63, 3.8) is 0 Å². The summed E-state index contributed by atoms with van der Waals surface area (Å²) in [4.78, 5) is 16.1. The second kappa shape index (κ2) is 6.16. The van der Waals surface area contributed by atoms with Crippen molar-refractivity contribution in [2.24, 2.45) is 5.73 Å². The number of nitrogens with zero attached hydrogens (tertiary/aromatic N) is 1. The van der Waals surface area contributed by atoms with Crippen LogP contribution in [0.15, 0.2) is 42.5 Å². The second-order valence-corrected chi connectivity index (χ2v) is 4.27. The lowest BCUT2D eigenvalue weighted by Gasteiger charge is -2.12. The number of carbonyl (C=O) groups is 1. The highest BCUT2D eigenvalue weighted by molar-refractivity contribution is 5.78. The van der Waals surface area contributed by atoms with Crippen LogP contribution in [0.2, 0.25) is 0 Å². The highest BCUT2D eigenvalue weighted by Crippen LogP contribution is 2.25. The molecule has 104 valence electrons. The van der Waals surface area contributed by atoms with Gasteiger partial charge >= 0.3 is 5.97 Å². The van der Waals surface area contributed by atoms with E-state index in [1.165, 1.54) is 0 Å². The zero-order valence-electron chi connectivity index (χ0n) is 11.2. The molecule has 0 aliphatic heterocycles. The Morgan fingerprint density at radius 1 is 1.25 bits per heavy atom. The highest BCUT2D eigenvalue weighted by Gasteiger charge is 2.19. The van der Waals surface area contributed by atoms with Crippen molar-refractivity contribution in [2.75, 3.05) is 12.3 Å². The van der Waals surface area contributed by atoms with Gasteiger partial charge in [-0.25, -0.2) is 9.78 Å². The summed E-state index contributed by atoms with van der Waals surface area (Å²) >= 11 is 0. The number of pyridine rings is 1. The number of nitrogen functional groups attached to an aromatic ring is 1. The average molecular weight is 271 g/mol. The lowest BCUT2D eigenvalue weighted by atomic mass is 10.1. The molecule has 2 rings (SSSR count). The largest absolute Gasteiger partial charge is 0.465 e. The van der Waals surface area contributed by atoms with Gasteiger partial charge in [0.15, 0.2) is 0 Å². The fourth-order valence-electron chi connectivity index (χ4n) is 1.84. The van der Waals surface area contributed by atoms with E-state index < -0.39 is 12.0 Å². The molecule has 0 bridgehead atoms. The molecule has 1 aromatic carbocycles. The maximum atomic E-state index is 11.7. The Kier molecular flexibility index (Phi) is 4.32. The molecule has 0 spiro atoms. The molecule has 0 amide bonds. The van der Waals surface area contributed by atoms with E-state index in [9.17, 15) is 4.79 Å². The third kappa shape index (κ3) is 2.95. The summed E-state index contributed by atoms with van der Waals surface area (Å²) in [5.74, 6) is -0.496. The van der Waals surface area contributed by atoms with E-state index in [0.29, 0.717) is 17.1 Å². The maximum Gasteiger partial charge on any atom is 0.329 e. The fraction of sp³-hybridized carbons (Fsp3) is 0.200. The summed E-state index contributed by atoms with van der Waals surface area (Å²) in [6.07, 6.45) is 0. The van der Waals surface area contributed by atoms with Gasteiger partial charge in [0, 0.05) is 5.56 Å². The normalized spacial score (nSPS) is 11.9. The topological polar surface area (TPSA) is 91.2 Å². The first kappa shape index (κ1) is 14.0. The SMILES string of the molecule is CCOC(=O)[C@@H](N)c1ccc(N)c(-c2ccccc2)n1. The van der Waals surface area contributed by atoms with Gasteiger partial charge in [-0.15, -0.1) is 0 Å². The first-order chi connectivity index (χ1) is 9.63. The predicted molar refractivity (Wildman–Crippen MR) is 77.6 cm³/mol. The monoisotopic (exact) mass is 271 g/mol. The number of benzene rings is 1. The number of rotatable bonds is 4. The number of aromatic nitrogens is 1. The van der Waals surface area contributed by atoms with Crippen LogP contribution in [0.25, 0.3) is 11.3 Å². The molecule has 1 atom stereocenters. The Balaban J connectivity index is 2.36. The van der Waals surface area contributed by atoms with E-state index in [2.05, 4.69) is 4.98 Å². The van der Waals surface area contributed by atoms with Gasteiger partial charge in [-0.1, -0.05) is 30.3 Å². The molecule has 1 aromatic heterocycles. The van der Waals surface area contributed by atoms with Gasteiger partial charge in [0.25, 0.3) is 0 Å². The van der Waals surface area contributed by atoms with Crippen LogP contribution in [0.1, 0.15) is 18.7 Å². The smallest absolute Gasteiger partial charge is 0.329 e. The maximum absolute atomic E-state index is 11.7. The van der Waals surface area contributed by atoms with Gasteiger partial charge in [0.2, 0.25) is 0 Å². The third-order valence-corrected chi connectivity index (χ3v) is 2.85. The summed E-state index contributed by atoms with van der Waals surface area (Å²) in [5, 5.41) is 0. The molecular formula is C15H17N3O2. The summed E-state index contributed by atoms with van der Waals surface area (Å²) in [6.45, 7) is 2.02. The van der Waals surface area contributed by atoms with E-state index in [0.717, 1.165) is 5.56 Å². The summed E-state index contributed by atoms with van der Waals surface area (Å²) in [5.41, 5.74) is 14.3. The minimum atomic E-state index is -0.905. The standard InChI is InChI=1S/C15H17N3O2/c1-2-20-15(19)13(17)12-9-8-11(16)14(18-12)10-6-4-3-5-7-10/h3-9,13H,2,16-17H2,1H3/t13-/m0/s1. The van der Waals surface area contributed by atoms with Gasteiger partial charge in [0.1, 0.15) is 6.04 Å². The van der Waals surface area contributed by atoms with Gasteiger partial charge in [0.05, 0.1) is 23.7 Å². The Hall–Kier alpha value is -2.40. The van der Waals surface area contributed by atoms with Crippen LogP contribution in [0.5, 0.6) is 0 Å². The molecule has 20 heavy (non-hydrogen) atoms. The van der Waals surface area contributed by atoms with Crippen LogP contribution >= 0.6 is 0 Å². The highest BCUT2D eigenvalue weighted by atomic mass is 16.5. The first-order valence-corrected chi connectivity index (χ1v) is 6.37. The molecule has 5 heteroatoms. The Labute approximate surface area is 117 Å². The quantitative estimate of drug-likeness (QED) is 0.829.